The Kier molecular flexibility index (Phi) is 9.28. The molecule has 2 heterocycles. The zero-order chi connectivity index (χ0) is 23.8. The van der Waals surface area contributed by atoms with Gasteiger partial charge in [0, 0.05) is 27.4 Å². The van der Waals surface area contributed by atoms with Gasteiger partial charge in [0.15, 0.2) is 5.13 Å². The van der Waals surface area contributed by atoms with Crippen molar-refractivity contribution in [1.29, 1.82) is 0 Å². The molecule has 1 amide bonds. The lowest BCUT2D eigenvalue weighted by molar-refractivity contribution is -0.136. The van der Waals surface area contributed by atoms with Crippen LogP contribution in [0.5, 0.6) is 0 Å². The molecule has 0 saturated carbocycles. The number of aromatic nitrogens is 1. The van der Waals surface area contributed by atoms with Crippen LogP contribution in [-0.4, -0.2) is 27.7 Å². The molecule has 0 aliphatic carbocycles. The van der Waals surface area contributed by atoms with E-state index in [2.05, 4.69) is 29.5 Å². The van der Waals surface area contributed by atoms with E-state index in [-0.39, 0.29) is 18.1 Å². The molecule has 0 aliphatic heterocycles. The van der Waals surface area contributed by atoms with E-state index < -0.39 is 5.97 Å². The Morgan fingerprint density at radius 1 is 1.24 bits per heavy atom. The maximum absolute atomic E-state index is 13.8. The fraction of sp³-hybridized carbons (Fsp3) is 0.348. The molecule has 0 fully saturated rings. The topological polar surface area (TPSA) is 91.3 Å². The van der Waals surface area contributed by atoms with Crippen LogP contribution in [0, 0.1) is 11.7 Å². The highest BCUT2D eigenvalue weighted by Gasteiger charge is 2.13. The molecule has 6 nitrogen and oxygen atoms in total. The van der Waals surface area contributed by atoms with Gasteiger partial charge in [0.25, 0.3) is 5.91 Å². The van der Waals surface area contributed by atoms with Crippen LogP contribution < -0.4 is 10.6 Å². The van der Waals surface area contributed by atoms with Gasteiger partial charge in [-0.3, -0.25) is 14.9 Å². The van der Waals surface area contributed by atoms with Crippen LogP contribution in [0.25, 0.3) is 0 Å². The Labute approximate surface area is 204 Å². The number of aliphatic carboxylic acids is 1. The Bertz CT molecular complexity index is 1100. The fourth-order valence-electron chi connectivity index (χ4n) is 2.97. The number of halogens is 1. The number of carboxylic acids is 1. The molecule has 0 radical (unpaired) electrons. The maximum Gasteiger partial charge on any atom is 0.309 e. The number of benzene rings is 1. The molecule has 10 heteroatoms. The minimum Gasteiger partial charge on any atom is -0.481 e. The van der Waals surface area contributed by atoms with Crippen molar-refractivity contribution in [2.45, 2.75) is 44.6 Å². The molecule has 3 aromatic rings. The normalized spacial score (nSPS) is 11.0. The molecule has 1 aromatic carbocycles. The molecule has 3 N–H and O–H groups in total. The summed E-state index contributed by atoms with van der Waals surface area (Å²) in [6.45, 7) is 4.91. The SMILES string of the molecule is CC(C)CCCSc1cc(F)ccc1NCc1ccc(C(=O)Nc2nc(CC(=O)O)cs2)s1. The molecule has 3 rings (SSSR count). The van der Waals surface area contributed by atoms with E-state index in [0.29, 0.717) is 28.2 Å². The van der Waals surface area contributed by atoms with Gasteiger partial charge in [-0.1, -0.05) is 20.3 Å². The highest BCUT2D eigenvalue weighted by atomic mass is 32.2. The van der Waals surface area contributed by atoms with Crippen molar-refractivity contribution in [1.82, 2.24) is 4.98 Å². The summed E-state index contributed by atoms with van der Waals surface area (Å²) >= 11 is 4.20. The number of carbonyl (C=O) groups excluding carboxylic acids is 1. The van der Waals surface area contributed by atoms with Gasteiger partial charge in [-0.2, -0.15) is 0 Å². The lowest BCUT2D eigenvalue weighted by Gasteiger charge is -2.12. The molecule has 0 unspecified atom stereocenters. The zero-order valence-corrected chi connectivity index (χ0v) is 20.8. The van der Waals surface area contributed by atoms with E-state index in [4.69, 9.17) is 5.11 Å². The number of carbonyl (C=O) groups is 2. The standard InChI is InChI=1S/C23H26FN3O3S3/c1-14(2)4-3-9-31-20-10-15(24)5-7-18(20)25-12-17-6-8-19(33-17)22(30)27-23-26-16(13-32-23)11-21(28)29/h5-8,10,13-14,25H,3-4,9,11-12H2,1-2H3,(H,28,29)(H,26,27,30). The number of hydrogen-bond donors (Lipinski definition) is 3. The lowest BCUT2D eigenvalue weighted by Crippen LogP contribution is -2.10. The quantitative estimate of drug-likeness (QED) is 0.195. The maximum atomic E-state index is 13.8. The first-order chi connectivity index (χ1) is 15.8. The van der Waals surface area contributed by atoms with Crippen LogP contribution in [0.4, 0.5) is 15.2 Å². The van der Waals surface area contributed by atoms with Gasteiger partial charge in [-0.25, -0.2) is 9.37 Å². The van der Waals surface area contributed by atoms with Crippen molar-refractivity contribution >= 4 is 57.1 Å². The van der Waals surface area contributed by atoms with Crippen LogP contribution in [-0.2, 0) is 17.8 Å². The van der Waals surface area contributed by atoms with Gasteiger partial charge < -0.3 is 10.4 Å². The summed E-state index contributed by atoms with van der Waals surface area (Å²) in [7, 11) is 0. The number of thiophene rings is 1. The summed E-state index contributed by atoms with van der Waals surface area (Å²) in [5.74, 6) is 0.0846. The van der Waals surface area contributed by atoms with Crippen molar-refractivity contribution in [3.05, 3.63) is 57.0 Å². The van der Waals surface area contributed by atoms with Crippen molar-refractivity contribution in [3.63, 3.8) is 0 Å². The number of nitrogens with zero attached hydrogens (tertiary/aromatic N) is 1. The van der Waals surface area contributed by atoms with E-state index in [0.717, 1.165) is 34.1 Å². The van der Waals surface area contributed by atoms with Crippen molar-refractivity contribution in [3.8, 4) is 0 Å². The van der Waals surface area contributed by atoms with Crippen LogP contribution >= 0.6 is 34.4 Å². The molecule has 33 heavy (non-hydrogen) atoms. The molecule has 176 valence electrons. The van der Waals surface area contributed by atoms with Gasteiger partial charge in [0.05, 0.1) is 17.0 Å². The number of hydrogen-bond acceptors (Lipinski definition) is 7. The molecule has 0 atom stereocenters. The molecule has 2 aromatic heterocycles. The van der Waals surface area contributed by atoms with Crippen LogP contribution in [0.3, 0.4) is 0 Å². The van der Waals surface area contributed by atoms with E-state index in [1.807, 2.05) is 6.07 Å². The highest BCUT2D eigenvalue weighted by Crippen LogP contribution is 2.30. The number of anilines is 2. The zero-order valence-electron chi connectivity index (χ0n) is 18.4. The Morgan fingerprint density at radius 3 is 2.82 bits per heavy atom. The number of thioether (sulfide) groups is 1. The lowest BCUT2D eigenvalue weighted by atomic mass is 10.1. The second-order valence-electron chi connectivity index (χ2n) is 7.81. The smallest absolute Gasteiger partial charge is 0.309 e. The van der Waals surface area contributed by atoms with Gasteiger partial charge in [0.1, 0.15) is 5.82 Å². The second-order valence-corrected chi connectivity index (χ2v) is 11.0. The first kappa shape index (κ1) is 25.2. The number of thiazole rings is 1. The predicted molar refractivity (Wildman–Crippen MR) is 134 cm³/mol. The molecule has 0 saturated heterocycles. The molecule has 0 bridgehead atoms. The van der Waals surface area contributed by atoms with Gasteiger partial charge >= 0.3 is 5.97 Å². The number of carboxylic acid groups (broad SMARTS) is 1. The first-order valence-electron chi connectivity index (χ1n) is 10.5. The number of nitrogens with one attached hydrogen (secondary N) is 2. The third-order valence-corrected chi connectivity index (χ3v) is 7.60. The summed E-state index contributed by atoms with van der Waals surface area (Å²) in [6.07, 6.45) is 2.05. The van der Waals surface area contributed by atoms with Crippen LogP contribution in [0.2, 0.25) is 0 Å². The minimum absolute atomic E-state index is 0.178. The highest BCUT2D eigenvalue weighted by molar-refractivity contribution is 7.99. The first-order valence-corrected chi connectivity index (χ1v) is 13.2. The third kappa shape index (κ3) is 8.13. The van der Waals surface area contributed by atoms with E-state index in [1.165, 1.54) is 28.7 Å². The summed E-state index contributed by atoms with van der Waals surface area (Å²) in [5, 5.41) is 16.9. The number of rotatable bonds is 12. The summed E-state index contributed by atoms with van der Waals surface area (Å²) in [6, 6.07) is 8.37. The Hall–Kier alpha value is -2.43. The number of amides is 1. The van der Waals surface area contributed by atoms with Crippen molar-refractivity contribution in [2.75, 3.05) is 16.4 Å². The van der Waals surface area contributed by atoms with Crippen molar-refractivity contribution in [2.24, 2.45) is 5.92 Å². The summed E-state index contributed by atoms with van der Waals surface area (Å²) < 4.78 is 13.8. The fourth-order valence-corrected chi connectivity index (χ4v) is 5.54. The largest absolute Gasteiger partial charge is 0.481 e. The molecular formula is C23H26FN3O3S3. The molecule has 0 spiro atoms. The van der Waals surface area contributed by atoms with Crippen LogP contribution in [0.15, 0.2) is 40.6 Å². The van der Waals surface area contributed by atoms with E-state index in [9.17, 15) is 14.0 Å². The van der Waals surface area contributed by atoms with Gasteiger partial charge in [-0.05, 0) is 48.4 Å². The van der Waals surface area contributed by atoms with Crippen LogP contribution in [0.1, 0.15) is 46.9 Å². The van der Waals surface area contributed by atoms with E-state index in [1.54, 1.807) is 35.3 Å². The Morgan fingerprint density at radius 2 is 2.06 bits per heavy atom. The monoisotopic (exact) mass is 507 g/mol. The van der Waals surface area contributed by atoms with Crippen molar-refractivity contribution < 1.29 is 19.1 Å². The van der Waals surface area contributed by atoms with E-state index >= 15 is 0 Å². The summed E-state index contributed by atoms with van der Waals surface area (Å²) in [4.78, 5) is 29.8. The average molecular weight is 508 g/mol. The summed E-state index contributed by atoms with van der Waals surface area (Å²) in [5.41, 5.74) is 1.29. The van der Waals surface area contributed by atoms with Gasteiger partial charge in [0.2, 0.25) is 0 Å². The Balaban J connectivity index is 1.55. The minimum atomic E-state index is -0.966. The molecular weight excluding hydrogens is 481 g/mol. The third-order valence-electron chi connectivity index (χ3n) is 4.57. The second kappa shape index (κ2) is 12.2. The predicted octanol–water partition coefficient (Wildman–Crippen LogP) is 6.36. The van der Waals surface area contributed by atoms with Gasteiger partial charge in [-0.15, -0.1) is 34.4 Å². The molecule has 0 aliphatic rings. The average Bonchev–Trinajstić information content (AvgIpc) is 3.39.